The molecule has 1 aromatic heterocycles. The zero-order chi connectivity index (χ0) is 28.1. The summed E-state index contributed by atoms with van der Waals surface area (Å²) in [4.78, 5) is 25.9. The molecule has 8 heteroatoms. The van der Waals surface area contributed by atoms with Crippen LogP contribution in [0.25, 0.3) is 28.4 Å². The molecular weight excluding hydrogens is 512 g/mol. The second-order valence-corrected chi connectivity index (χ2v) is 8.91. The summed E-state index contributed by atoms with van der Waals surface area (Å²) >= 11 is 0. The molecule has 200 valence electrons. The molecular formula is C32H24O8. The summed E-state index contributed by atoms with van der Waals surface area (Å²) in [5, 5.41) is 29.5. The number of fused-ring (bicyclic) bond motifs is 1. The van der Waals surface area contributed by atoms with E-state index < -0.39 is 23.6 Å². The smallest absolute Gasteiger partial charge is 0.239 e. The summed E-state index contributed by atoms with van der Waals surface area (Å²) in [6, 6.07) is 25.0. The zero-order valence-electron chi connectivity index (χ0n) is 21.1. The first kappa shape index (κ1) is 26.1. The van der Waals surface area contributed by atoms with Crippen LogP contribution in [-0.2, 0) is 11.4 Å². The maximum absolute atomic E-state index is 13.3. The molecule has 3 N–H and O–H groups in total. The van der Waals surface area contributed by atoms with Gasteiger partial charge in [-0.3, -0.25) is 9.59 Å². The minimum atomic E-state index is -0.718. The van der Waals surface area contributed by atoms with Crippen molar-refractivity contribution in [3.8, 4) is 40.1 Å². The fourth-order valence-corrected chi connectivity index (χ4v) is 4.00. The summed E-state index contributed by atoms with van der Waals surface area (Å²) in [6.07, 6.45) is 2.95. The maximum Gasteiger partial charge on any atom is 0.239 e. The molecule has 0 aliphatic rings. The molecule has 40 heavy (non-hydrogen) atoms. The van der Waals surface area contributed by atoms with Gasteiger partial charge in [-0.05, 0) is 53.6 Å². The van der Waals surface area contributed by atoms with Crippen molar-refractivity contribution in [1.82, 2.24) is 0 Å². The summed E-state index contributed by atoms with van der Waals surface area (Å²) in [5.74, 6) is -0.831. The molecule has 1 heterocycles. The van der Waals surface area contributed by atoms with Crippen LogP contribution < -0.4 is 14.9 Å². The van der Waals surface area contributed by atoms with Gasteiger partial charge in [0.05, 0.1) is 0 Å². The normalized spacial score (nSPS) is 11.1. The van der Waals surface area contributed by atoms with Crippen molar-refractivity contribution in [1.29, 1.82) is 0 Å². The van der Waals surface area contributed by atoms with Crippen molar-refractivity contribution in [2.45, 2.75) is 6.61 Å². The van der Waals surface area contributed by atoms with Crippen LogP contribution in [0.2, 0.25) is 0 Å². The van der Waals surface area contributed by atoms with Crippen LogP contribution in [0, 0.1) is 0 Å². The molecule has 0 saturated heterocycles. The van der Waals surface area contributed by atoms with Gasteiger partial charge in [-0.1, -0.05) is 48.5 Å². The van der Waals surface area contributed by atoms with Crippen LogP contribution in [0.1, 0.15) is 11.1 Å². The first-order chi connectivity index (χ1) is 19.4. The Morgan fingerprint density at radius 2 is 1.55 bits per heavy atom. The van der Waals surface area contributed by atoms with Crippen molar-refractivity contribution >= 4 is 22.8 Å². The van der Waals surface area contributed by atoms with E-state index >= 15 is 0 Å². The fourth-order valence-electron chi connectivity index (χ4n) is 4.00. The second-order valence-electron chi connectivity index (χ2n) is 8.91. The highest BCUT2D eigenvalue weighted by Crippen LogP contribution is 2.36. The third kappa shape index (κ3) is 5.97. The number of carbonyl (C=O) groups is 1. The van der Waals surface area contributed by atoms with E-state index in [1.165, 1.54) is 36.4 Å². The van der Waals surface area contributed by atoms with Crippen molar-refractivity contribution in [2.24, 2.45) is 0 Å². The van der Waals surface area contributed by atoms with Gasteiger partial charge in [-0.15, -0.1) is 0 Å². The van der Waals surface area contributed by atoms with E-state index in [0.717, 1.165) is 17.2 Å². The van der Waals surface area contributed by atoms with E-state index in [1.807, 2.05) is 42.5 Å². The number of ketones is 1. The third-order valence-corrected chi connectivity index (χ3v) is 6.00. The van der Waals surface area contributed by atoms with Crippen molar-refractivity contribution < 1.29 is 34.0 Å². The van der Waals surface area contributed by atoms with Gasteiger partial charge < -0.3 is 29.2 Å². The van der Waals surface area contributed by atoms with E-state index in [9.17, 15) is 24.9 Å². The van der Waals surface area contributed by atoms with Crippen molar-refractivity contribution in [3.05, 3.63) is 118 Å². The van der Waals surface area contributed by atoms with E-state index in [4.69, 9.17) is 13.9 Å². The van der Waals surface area contributed by atoms with Gasteiger partial charge in [-0.2, -0.15) is 0 Å². The number of carbonyl (C=O) groups excluding carboxylic acids is 1. The van der Waals surface area contributed by atoms with E-state index in [2.05, 4.69) is 0 Å². The molecule has 0 atom stereocenters. The number of phenolic OH excluding ortho intramolecular Hbond substituents is 3. The topological polar surface area (TPSA) is 126 Å². The SMILES string of the molecule is O=C(/C=C/c1ccc(OCc2ccccc2)cc1)COc1c(-c2ccc(O)cc2)oc2cc(O)cc(O)c2c1=O. The highest BCUT2D eigenvalue weighted by Gasteiger charge is 2.21. The lowest BCUT2D eigenvalue weighted by Crippen LogP contribution is -2.15. The van der Waals surface area contributed by atoms with Gasteiger partial charge in [0.25, 0.3) is 0 Å². The summed E-state index contributed by atoms with van der Waals surface area (Å²) < 4.78 is 17.2. The molecule has 0 fully saturated rings. The largest absolute Gasteiger partial charge is 0.508 e. The Hall–Kier alpha value is -5.50. The Balaban J connectivity index is 1.32. The molecule has 0 aliphatic carbocycles. The number of benzene rings is 4. The first-order valence-corrected chi connectivity index (χ1v) is 12.3. The molecule has 0 amide bonds. The molecule has 0 aliphatic heterocycles. The quantitative estimate of drug-likeness (QED) is 0.201. The standard InChI is InChI=1S/C32H24O8/c33-23-12-9-22(10-13-23)31-32(30(37)29-27(36)16-25(35)17-28(29)40-31)39-19-24(34)11-6-20-7-14-26(15-8-20)38-18-21-4-2-1-3-5-21/h1-17,33,35-36H,18-19H2/b11-6+. The number of hydrogen-bond acceptors (Lipinski definition) is 8. The molecule has 0 bridgehead atoms. The Kier molecular flexibility index (Phi) is 7.50. The van der Waals surface area contributed by atoms with Crippen LogP contribution in [0.4, 0.5) is 0 Å². The van der Waals surface area contributed by atoms with Gasteiger partial charge in [-0.25, -0.2) is 0 Å². The number of rotatable bonds is 9. The number of aromatic hydroxyl groups is 3. The average Bonchev–Trinajstić information content (AvgIpc) is 2.95. The summed E-state index contributed by atoms with van der Waals surface area (Å²) in [7, 11) is 0. The number of phenols is 3. The van der Waals surface area contributed by atoms with E-state index in [0.29, 0.717) is 17.9 Å². The van der Waals surface area contributed by atoms with Gasteiger partial charge in [0, 0.05) is 17.7 Å². The van der Waals surface area contributed by atoms with E-state index in [-0.39, 0.29) is 34.0 Å². The van der Waals surface area contributed by atoms with Crippen LogP contribution in [-0.4, -0.2) is 27.7 Å². The molecule has 0 spiro atoms. The summed E-state index contributed by atoms with van der Waals surface area (Å²) in [6.45, 7) is -0.0331. The van der Waals surface area contributed by atoms with Gasteiger partial charge in [0.1, 0.15) is 40.6 Å². The van der Waals surface area contributed by atoms with Crippen LogP contribution in [0.3, 0.4) is 0 Å². The lowest BCUT2D eigenvalue weighted by Gasteiger charge is -2.12. The van der Waals surface area contributed by atoms with Gasteiger partial charge in [0.2, 0.25) is 11.2 Å². The second kappa shape index (κ2) is 11.5. The molecule has 5 aromatic rings. The predicted molar refractivity (Wildman–Crippen MR) is 150 cm³/mol. The van der Waals surface area contributed by atoms with Crippen LogP contribution in [0.5, 0.6) is 28.7 Å². The zero-order valence-corrected chi connectivity index (χ0v) is 21.1. The van der Waals surface area contributed by atoms with Crippen LogP contribution >= 0.6 is 0 Å². The minimum absolute atomic E-state index is 0.000693. The Morgan fingerprint density at radius 3 is 2.27 bits per heavy atom. The van der Waals surface area contributed by atoms with Crippen molar-refractivity contribution in [3.63, 3.8) is 0 Å². The predicted octanol–water partition coefficient (Wildman–Crippen LogP) is 5.82. The molecule has 0 saturated carbocycles. The Bertz CT molecular complexity index is 1740. The average molecular weight is 537 g/mol. The monoisotopic (exact) mass is 536 g/mol. The Morgan fingerprint density at radius 1 is 0.825 bits per heavy atom. The fraction of sp³-hybridized carbons (Fsp3) is 0.0625. The lowest BCUT2D eigenvalue weighted by molar-refractivity contribution is -0.116. The highest BCUT2D eigenvalue weighted by molar-refractivity contribution is 5.95. The molecule has 0 radical (unpaired) electrons. The molecule has 8 nitrogen and oxygen atoms in total. The molecule has 4 aromatic carbocycles. The number of ether oxygens (including phenoxy) is 2. The molecule has 5 rings (SSSR count). The molecule has 0 unspecified atom stereocenters. The third-order valence-electron chi connectivity index (χ3n) is 6.00. The van der Waals surface area contributed by atoms with Crippen LogP contribution in [0.15, 0.2) is 106 Å². The van der Waals surface area contributed by atoms with Gasteiger partial charge >= 0.3 is 0 Å². The lowest BCUT2D eigenvalue weighted by atomic mass is 10.1. The maximum atomic E-state index is 13.3. The van der Waals surface area contributed by atoms with E-state index in [1.54, 1.807) is 18.2 Å². The highest BCUT2D eigenvalue weighted by atomic mass is 16.5. The van der Waals surface area contributed by atoms with Crippen molar-refractivity contribution in [2.75, 3.05) is 6.61 Å². The first-order valence-electron chi connectivity index (χ1n) is 12.3. The van der Waals surface area contributed by atoms with Gasteiger partial charge in [0.15, 0.2) is 18.2 Å². The Labute approximate surface area is 228 Å². The number of hydrogen-bond donors (Lipinski definition) is 3. The summed E-state index contributed by atoms with van der Waals surface area (Å²) in [5.41, 5.74) is 1.41. The minimum Gasteiger partial charge on any atom is -0.508 e.